The number of hydrogen-bond acceptors (Lipinski definition) is 0. The summed E-state index contributed by atoms with van der Waals surface area (Å²) in [5.41, 5.74) is 12.5. The molecular formula is C52H35N. The first-order valence-electron chi connectivity index (χ1n) is 18.7. The lowest BCUT2D eigenvalue weighted by Crippen LogP contribution is -1.95. The summed E-state index contributed by atoms with van der Waals surface area (Å²) in [5, 5.41) is 12.9. The molecule has 0 bridgehead atoms. The molecule has 0 fully saturated rings. The predicted octanol–water partition coefficient (Wildman–Crippen LogP) is 14.4. The van der Waals surface area contributed by atoms with Crippen LogP contribution in [0.4, 0.5) is 0 Å². The average Bonchev–Trinajstić information content (AvgIpc) is 3.57. The van der Waals surface area contributed by atoms with Crippen molar-refractivity contribution in [2.24, 2.45) is 0 Å². The van der Waals surface area contributed by atoms with Crippen LogP contribution in [0.3, 0.4) is 0 Å². The smallest absolute Gasteiger partial charge is 0.0619 e. The molecule has 0 saturated heterocycles. The second-order valence-corrected chi connectivity index (χ2v) is 14.4. The summed E-state index contributed by atoms with van der Waals surface area (Å²) in [6, 6.07) is 67.7. The molecule has 11 rings (SSSR count). The van der Waals surface area contributed by atoms with Gasteiger partial charge in [-0.05, 0) is 107 Å². The zero-order chi connectivity index (χ0) is 35.0. The maximum atomic E-state index is 2.46. The number of fused-ring (bicyclic) bond motifs is 5. The normalized spacial score (nSPS) is 11.9. The molecule has 1 nitrogen and oxygen atoms in total. The van der Waals surface area contributed by atoms with Crippen molar-refractivity contribution in [2.75, 3.05) is 0 Å². The Bertz CT molecular complexity index is 3160. The van der Waals surface area contributed by atoms with Gasteiger partial charge in [-0.1, -0.05) is 165 Å². The van der Waals surface area contributed by atoms with Crippen molar-refractivity contribution in [1.29, 1.82) is 0 Å². The van der Waals surface area contributed by atoms with Gasteiger partial charge in [0.2, 0.25) is 0 Å². The minimum Gasteiger partial charge on any atom is -0.309 e. The van der Waals surface area contributed by atoms with Gasteiger partial charge in [-0.2, -0.15) is 0 Å². The molecule has 0 N–H and O–H groups in total. The van der Waals surface area contributed by atoms with Gasteiger partial charge in [0.25, 0.3) is 0 Å². The quantitative estimate of drug-likeness (QED) is 0.160. The Morgan fingerprint density at radius 3 is 1.62 bits per heavy atom. The lowest BCUT2D eigenvalue weighted by Gasteiger charge is -2.17. The molecule has 248 valence electrons. The van der Waals surface area contributed by atoms with Crippen molar-refractivity contribution in [3.05, 3.63) is 188 Å². The number of nitrogens with zero attached hydrogens (tertiary/aromatic N) is 1. The fraction of sp³-hybridized carbons (Fsp3) is 0.0385. The third kappa shape index (κ3) is 4.57. The van der Waals surface area contributed by atoms with Crippen LogP contribution in [0.25, 0.3) is 104 Å². The minimum atomic E-state index is 1.05. The molecule has 1 aromatic heterocycles. The predicted molar refractivity (Wildman–Crippen MR) is 228 cm³/mol. The molecule has 0 radical (unpaired) electrons. The SMILES string of the molecule is CCc1ccc(-c2ccc3ccc4c(-c5ccc(-n6c7ccc(-c8ccccc8)cc7c7ccc8ccccc8c76)cc5)ccc5ccc2c3c54)cc1. The molecule has 0 atom stereocenters. The standard InChI is InChI=1S/C52H35N/c1-2-33-12-14-36(15-13-33)42-26-19-38-22-29-46-43(27-20-39-21-28-45(42)50(38)51(39)46)37-16-24-41(25-17-37)53-49-31-23-40(34-8-4-3-5-9-34)32-48(49)47-30-18-35-10-6-7-11-44(35)52(47)53/h3-32H,2H2,1H3. The van der Waals surface area contributed by atoms with E-state index in [2.05, 4.69) is 193 Å². The highest BCUT2D eigenvalue weighted by Crippen LogP contribution is 2.43. The molecule has 1 heteroatoms. The largest absolute Gasteiger partial charge is 0.309 e. The van der Waals surface area contributed by atoms with Crippen LogP contribution in [-0.4, -0.2) is 4.57 Å². The molecular weight excluding hydrogens is 639 g/mol. The van der Waals surface area contributed by atoms with Gasteiger partial charge in [-0.15, -0.1) is 0 Å². The lowest BCUT2D eigenvalue weighted by molar-refractivity contribution is 1.14. The molecule has 0 saturated carbocycles. The van der Waals surface area contributed by atoms with Crippen molar-refractivity contribution in [3.63, 3.8) is 0 Å². The maximum Gasteiger partial charge on any atom is 0.0619 e. The second-order valence-electron chi connectivity index (χ2n) is 14.4. The first-order chi connectivity index (χ1) is 26.2. The average molecular weight is 674 g/mol. The van der Waals surface area contributed by atoms with E-state index in [0.717, 1.165) is 12.1 Å². The Labute approximate surface area is 308 Å². The number of benzene rings is 10. The van der Waals surface area contributed by atoms with Crippen LogP contribution < -0.4 is 0 Å². The van der Waals surface area contributed by atoms with E-state index in [4.69, 9.17) is 0 Å². The van der Waals surface area contributed by atoms with Crippen LogP contribution in [0.5, 0.6) is 0 Å². The molecule has 0 aliphatic carbocycles. The minimum absolute atomic E-state index is 1.05. The summed E-state index contributed by atoms with van der Waals surface area (Å²) in [5.74, 6) is 0. The van der Waals surface area contributed by atoms with Crippen molar-refractivity contribution in [1.82, 2.24) is 4.57 Å². The molecule has 0 spiro atoms. The number of rotatable bonds is 5. The van der Waals surface area contributed by atoms with Gasteiger partial charge in [-0.3, -0.25) is 0 Å². The summed E-state index contributed by atoms with van der Waals surface area (Å²) < 4.78 is 2.46. The van der Waals surface area contributed by atoms with Crippen LogP contribution in [-0.2, 0) is 6.42 Å². The molecule has 0 aliphatic rings. The van der Waals surface area contributed by atoms with Crippen LogP contribution in [0.1, 0.15) is 12.5 Å². The van der Waals surface area contributed by atoms with Crippen LogP contribution in [0.2, 0.25) is 0 Å². The van der Waals surface area contributed by atoms with Crippen LogP contribution in [0, 0.1) is 0 Å². The fourth-order valence-electron chi connectivity index (χ4n) is 8.87. The Hall–Kier alpha value is -6.70. The molecule has 0 aliphatic heterocycles. The first kappa shape index (κ1) is 30.0. The van der Waals surface area contributed by atoms with Crippen molar-refractivity contribution < 1.29 is 0 Å². The number of aromatic nitrogens is 1. The van der Waals surface area contributed by atoms with E-state index in [-0.39, 0.29) is 0 Å². The fourth-order valence-corrected chi connectivity index (χ4v) is 8.87. The number of hydrogen-bond donors (Lipinski definition) is 0. The topological polar surface area (TPSA) is 4.93 Å². The van der Waals surface area contributed by atoms with Gasteiger partial charge in [0.1, 0.15) is 0 Å². The van der Waals surface area contributed by atoms with Gasteiger partial charge in [-0.25, -0.2) is 0 Å². The van der Waals surface area contributed by atoms with Crippen molar-refractivity contribution >= 4 is 64.9 Å². The van der Waals surface area contributed by atoms with Gasteiger partial charge in [0.05, 0.1) is 11.0 Å². The zero-order valence-electron chi connectivity index (χ0n) is 29.5. The second kappa shape index (κ2) is 11.7. The Morgan fingerprint density at radius 2 is 0.943 bits per heavy atom. The number of aryl methyl sites for hydroxylation is 1. The Kier molecular flexibility index (Phi) is 6.60. The van der Waals surface area contributed by atoms with Crippen LogP contribution >= 0.6 is 0 Å². The van der Waals surface area contributed by atoms with Crippen molar-refractivity contribution in [3.8, 4) is 39.1 Å². The van der Waals surface area contributed by atoms with E-state index in [0.29, 0.717) is 0 Å². The van der Waals surface area contributed by atoms with Crippen LogP contribution in [0.15, 0.2) is 182 Å². The summed E-state index contributed by atoms with van der Waals surface area (Å²) in [4.78, 5) is 0. The summed E-state index contributed by atoms with van der Waals surface area (Å²) >= 11 is 0. The molecule has 53 heavy (non-hydrogen) atoms. The van der Waals surface area contributed by atoms with E-state index < -0.39 is 0 Å². The highest BCUT2D eigenvalue weighted by atomic mass is 15.0. The van der Waals surface area contributed by atoms with E-state index in [1.807, 2.05) is 0 Å². The van der Waals surface area contributed by atoms with Gasteiger partial charge in [0.15, 0.2) is 0 Å². The maximum absolute atomic E-state index is 2.46. The molecule has 1 heterocycles. The van der Waals surface area contributed by atoms with E-state index in [9.17, 15) is 0 Å². The molecule has 10 aromatic carbocycles. The summed E-state index contributed by atoms with van der Waals surface area (Å²) in [6.45, 7) is 2.21. The summed E-state index contributed by atoms with van der Waals surface area (Å²) in [7, 11) is 0. The molecule has 0 unspecified atom stereocenters. The highest BCUT2D eigenvalue weighted by molar-refractivity contribution is 6.27. The summed E-state index contributed by atoms with van der Waals surface area (Å²) in [6.07, 6.45) is 1.05. The monoisotopic (exact) mass is 673 g/mol. The third-order valence-electron chi connectivity index (χ3n) is 11.5. The Morgan fingerprint density at radius 1 is 0.377 bits per heavy atom. The van der Waals surface area contributed by atoms with Gasteiger partial charge < -0.3 is 4.57 Å². The Balaban J connectivity index is 1.08. The first-order valence-corrected chi connectivity index (χ1v) is 18.7. The third-order valence-corrected chi connectivity index (χ3v) is 11.5. The lowest BCUT2D eigenvalue weighted by atomic mass is 9.87. The van der Waals surface area contributed by atoms with Crippen molar-refractivity contribution in [2.45, 2.75) is 13.3 Å². The zero-order valence-corrected chi connectivity index (χ0v) is 29.5. The van der Waals surface area contributed by atoms with E-state index in [1.165, 1.54) is 104 Å². The van der Waals surface area contributed by atoms with E-state index in [1.54, 1.807) is 0 Å². The molecule has 0 amide bonds. The molecule has 11 aromatic rings. The highest BCUT2D eigenvalue weighted by Gasteiger charge is 2.18. The van der Waals surface area contributed by atoms with Gasteiger partial charge in [0, 0.05) is 21.8 Å². The van der Waals surface area contributed by atoms with Gasteiger partial charge >= 0.3 is 0 Å². The van der Waals surface area contributed by atoms with E-state index >= 15 is 0 Å².